The molecule has 1 radical (unpaired) electrons. The van der Waals surface area contributed by atoms with Gasteiger partial charge in [0.05, 0.1) is 7.11 Å². The standard InChI is InChI=1S/C13H22NO2/c1-4-14(5-2)10-11-16-13-9-7-6-8-12(13)15-3/h7-9H,4-6,10-11H2,1-3H3. The number of hydrogen-bond donors (Lipinski definition) is 0. The van der Waals surface area contributed by atoms with Gasteiger partial charge < -0.3 is 14.4 Å². The van der Waals surface area contributed by atoms with Crippen LogP contribution in [0.4, 0.5) is 0 Å². The Morgan fingerprint density at radius 1 is 1.25 bits per heavy atom. The Morgan fingerprint density at radius 3 is 2.62 bits per heavy atom. The highest BCUT2D eigenvalue weighted by Gasteiger charge is 2.10. The van der Waals surface area contributed by atoms with Gasteiger partial charge in [-0.2, -0.15) is 0 Å². The molecule has 0 saturated heterocycles. The summed E-state index contributed by atoms with van der Waals surface area (Å²) in [5, 5.41) is 0. The smallest absolute Gasteiger partial charge is 0.157 e. The minimum absolute atomic E-state index is 0.710. The molecule has 0 atom stereocenters. The van der Waals surface area contributed by atoms with E-state index in [1.165, 1.54) is 0 Å². The van der Waals surface area contributed by atoms with Crippen molar-refractivity contribution in [2.75, 3.05) is 33.4 Å². The van der Waals surface area contributed by atoms with Crippen LogP contribution in [-0.4, -0.2) is 38.3 Å². The van der Waals surface area contributed by atoms with Gasteiger partial charge in [0.2, 0.25) is 0 Å². The van der Waals surface area contributed by atoms with E-state index in [4.69, 9.17) is 9.47 Å². The van der Waals surface area contributed by atoms with E-state index in [9.17, 15) is 0 Å². The van der Waals surface area contributed by atoms with Gasteiger partial charge in [-0.25, -0.2) is 0 Å². The molecule has 0 amide bonds. The summed E-state index contributed by atoms with van der Waals surface area (Å²) in [4.78, 5) is 2.34. The third-order valence-corrected chi connectivity index (χ3v) is 2.73. The van der Waals surface area contributed by atoms with Crippen molar-refractivity contribution in [2.24, 2.45) is 0 Å². The zero-order chi connectivity index (χ0) is 11.8. The molecular weight excluding hydrogens is 202 g/mol. The van der Waals surface area contributed by atoms with Crippen LogP contribution < -0.4 is 0 Å². The Hall–Kier alpha value is -0.960. The summed E-state index contributed by atoms with van der Waals surface area (Å²) < 4.78 is 11.0. The van der Waals surface area contributed by atoms with Crippen LogP contribution in [0, 0.1) is 6.42 Å². The Labute approximate surface area is 98.7 Å². The lowest BCUT2D eigenvalue weighted by Gasteiger charge is -2.20. The van der Waals surface area contributed by atoms with E-state index >= 15 is 0 Å². The lowest BCUT2D eigenvalue weighted by Crippen LogP contribution is -2.27. The van der Waals surface area contributed by atoms with Crippen molar-refractivity contribution in [1.82, 2.24) is 4.90 Å². The van der Waals surface area contributed by atoms with Crippen molar-refractivity contribution >= 4 is 0 Å². The molecule has 0 unspecified atom stereocenters. The molecule has 1 rings (SSSR count). The largest absolute Gasteiger partial charge is 0.493 e. The Kier molecular flexibility index (Phi) is 6.01. The van der Waals surface area contributed by atoms with Gasteiger partial charge in [-0.15, -0.1) is 0 Å². The molecule has 0 fully saturated rings. The van der Waals surface area contributed by atoms with Crippen LogP contribution in [0.1, 0.15) is 20.3 Å². The van der Waals surface area contributed by atoms with Gasteiger partial charge in [-0.3, -0.25) is 0 Å². The van der Waals surface area contributed by atoms with Crippen molar-refractivity contribution < 1.29 is 9.47 Å². The number of rotatable bonds is 7. The normalized spacial score (nSPS) is 15.8. The van der Waals surface area contributed by atoms with Crippen LogP contribution in [0.2, 0.25) is 0 Å². The fourth-order valence-electron chi connectivity index (χ4n) is 1.66. The Morgan fingerprint density at radius 2 is 2.00 bits per heavy atom. The zero-order valence-electron chi connectivity index (χ0n) is 10.5. The maximum atomic E-state index is 5.72. The monoisotopic (exact) mass is 224 g/mol. The first-order chi connectivity index (χ1) is 7.81. The second-order valence-corrected chi connectivity index (χ2v) is 3.65. The molecule has 0 aromatic carbocycles. The first kappa shape index (κ1) is 13.1. The Balaban J connectivity index is 2.31. The molecule has 0 aromatic rings. The molecule has 0 aromatic heterocycles. The van der Waals surface area contributed by atoms with E-state index in [-0.39, 0.29) is 0 Å². The van der Waals surface area contributed by atoms with Crippen LogP contribution in [-0.2, 0) is 9.47 Å². The van der Waals surface area contributed by atoms with E-state index in [1.807, 2.05) is 12.2 Å². The maximum absolute atomic E-state index is 5.72. The van der Waals surface area contributed by atoms with Crippen LogP contribution in [0.3, 0.4) is 0 Å². The average Bonchev–Trinajstić information content (AvgIpc) is 2.35. The van der Waals surface area contributed by atoms with Crippen molar-refractivity contribution in [3.63, 3.8) is 0 Å². The first-order valence-corrected chi connectivity index (χ1v) is 5.95. The molecule has 0 N–H and O–H groups in total. The summed E-state index contributed by atoms with van der Waals surface area (Å²) >= 11 is 0. The fraction of sp³-hybridized carbons (Fsp3) is 0.615. The van der Waals surface area contributed by atoms with Gasteiger partial charge in [0, 0.05) is 6.54 Å². The quantitative estimate of drug-likeness (QED) is 0.662. The highest BCUT2D eigenvalue weighted by atomic mass is 16.5. The molecule has 3 nitrogen and oxygen atoms in total. The van der Waals surface area contributed by atoms with E-state index in [0.29, 0.717) is 6.61 Å². The molecule has 0 aliphatic heterocycles. The van der Waals surface area contributed by atoms with Gasteiger partial charge in [-0.05, 0) is 38.1 Å². The molecular formula is C13H22NO2. The summed E-state index contributed by atoms with van der Waals surface area (Å²) in [6, 6.07) is 0. The van der Waals surface area contributed by atoms with Crippen LogP contribution in [0.15, 0.2) is 23.7 Å². The van der Waals surface area contributed by atoms with Crippen molar-refractivity contribution in [2.45, 2.75) is 20.3 Å². The molecule has 16 heavy (non-hydrogen) atoms. The van der Waals surface area contributed by atoms with Crippen molar-refractivity contribution in [3.05, 3.63) is 30.1 Å². The third kappa shape index (κ3) is 3.89. The molecule has 1 aliphatic rings. The van der Waals surface area contributed by atoms with Gasteiger partial charge >= 0.3 is 0 Å². The van der Waals surface area contributed by atoms with Crippen LogP contribution in [0.5, 0.6) is 0 Å². The molecule has 0 bridgehead atoms. The topological polar surface area (TPSA) is 21.7 Å². The van der Waals surface area contributed by atoms with Crippen molar-refractivity contribution in [1.29, 1.82) is 0 Å². The van der Waals surface area contributed by atoms with E-state index < -0.39 is 0 Å². The minimum Gasteiger partial charge on any atom is -0.493 e. The second-order valence-electron chi connectivity index (χ2n) is 3.65. The van der Waals surface area contributed by atoms with Crippen molar-refractivity contribution in [3.8, 4) is 0 Å². The predicted molar refractivity (Wildman–Crippen MR) is 65.8 cm³/mol. The average molecular weight is 224 g/mol. The predicted octanol–water partition coefficient (Wildman–Crippen LogP) is 2.37. The lowest BCUT2D eigenvalue weighted by atomic mass is 10.1. The number of methoxy groups -OCH3 is 1. The molecule has 3 heteroatoms. The van der Waals surface area contributed by atoms with E-state index in [0.717, 1.165) is 37.6 Å². The first-order valence-electron chi connectivity index (χ1n) is 5.95. The highest BCUT2D eigenvalue weighted by Crippen LogP contribution is 2.19. The van der Waals surface area contributed by atoms with E-state index in [1.54, 1.807) is 7.11 Å². The third-order valence-electron chi connectivity index (χ3n) is 2.73. The highest BCUT2D eigenvalue weighted by molar-refractivity contribution is 5.28. The summed E-state index contributed by atoms with van der Waals surface area (Å²) in [5.41, 5.74) is 0. The lowest BCUT2D eigenvalue weighted by molar-refractivity contribution is 0.144. The summed E-state index contributed by atoms with van der Waals surface area (Å²) in [6.07, 6.45) is 7.02. The molecule has 0 spiro atoms. The minimum atomic E-state index is 0.710. The molecule has 0 heterocycles. The summed E-state index contributed by atoms with van der Waals surface area (Å²) in [7, 11) is 1.68. The van der Waals surface area contributed by atoms with Crippen LogP contribution >= 0.6 is 0 Å². The van der Waals surface area contributed by atoms with Gasteiger partial charge in [0.1, 0.15) is 6.61 Å². The van der Waals surface area contributed by atoms with E-state index in [2.05, 4.69) is 25.2 Å². The molecule has 91 valence electrons. The number of ether oxygens (including phenoxy) is 2. The van der Waals surface area contributed by atoms with Gasteiger partial charge in [0.15, 0.2) is 11.5 Å². The van der Waals surface area contributed by atoms with Gasteiger partial charge in [0.25, 0.3) is 0 Å². The number of hydrogen-bond acceptors (Lipinski definition) is 3. The van der Waals surface area contributed by atoms with Gasteiger partial charge in [-0.1, -0.05) is 13.8 Å². The molecule has 0 saturated carbocycles. The maximum Gasteiger partial charge on any atom is 0.157 e. The van der Waals surface area contributed by atoms with Crippen LogP contribution in [0.25, 0.3) is 0 Å². The number of allylic oxidation sites excluding steroid dienone is 2. The molecule has 1 aliphatic carbocycles. The SMILES string of the molecule is CCN(CC)CCOC1=C[CH]CC=C1OC. The summed E-state index contributed by atoms with van der Waals surface area (Å²) in [5.74, 6) is 1.70. The number of likely N-dealkylation sites (N-methyl/N-ethyl adjacent to an activating group) is 1. The second kappa shape index (κ2) is 7.34. The summed E-state index contributed by atoms with van der Waals surface area (Å²) in [6.45, 7) is 8.13. The number of nitrogens with zero attached hydrogens (tertiary/aromatic N) is 1. The fourth-order valence-corrected chi connectivity index (χ4v) is 1.66. The Bertz CT molecular complexity index is 255. The zero-order valence-corrected chi connectivity index (χ0v) is 10.5.